The summed E-state index contributed by atoms with van der Waals surface area (Å²) in [5, 5.41) is 0. The number of carbonyl (C=O) groups excluding carboxylic acids is 2. The largest absolute Gasteiger partial charge is 0.298 e. The highest BCUT2D eigenvalue weighted by atomic mass is 16.1. The zero-order chi connectivity index (χ0) is 9.97. The first-order chi connectivity index (χ1) is 6.86. The number of carbonyl (C=O) groups is 2. The standard InChI is InChI=1S/C12H10O2/c13-7-10-5-1-3-9-4-2-6-11(8-14)12(9)10/h1,3,5-8H,2,4H2. The fraction of sp³-hybridized carbons (Fsp3) is 0.167. The third-order valence-corrected chi connectivity index (χ3v) is 2.50. The quantitative estimate of drug-likeness (QED) is 0.662. The van der Waals surface area contributed by atoms with Gasteiger partial charge in [0.15, 0.2) is 6.29 Å². The highest BCUT2D eigenvalue weighted by Crippen LogP contribution is 2.27. The summed E-state index contributed by atoms with van der Waals surface area (Å²) < 4.78 is 0. The molecule has 1 aliphatic carbocycles. The third kappa shape index (κ3) is 1.29. The van der Waals surface area contributed by atoms with Gasteiger partial charge in [-0.2, -0.15) is 0 Å². The van der Waals surface area contributed by atoms with Gasteiger partial charge in [0.1, 0.15) is 6.29 Å². The molecule has 0 radical (unpaired) electrons. The van der Waals surface area contributed by atoms with Crippen LogP contribution in [0.5, 0.6) is 0 Å². The molecule has 1 aliphatic rings. The van der Waals surface area contributed by atoms with E-state index in [1.165, 1.54) is 0 Å². The van der Waals surface area contributed by atoms with Crippen LogP contribution in [0.3, 0.4) is 0 Å². The number of aldehydes is 2. The van der Waals surface area contributed by atoms with Crippen molar-refractivity contribution >= 4 is 18.1 Å². The molecule has 0 aromatic heterocycles. The Morgan fingerprint density at radius 3 is 2.71 bits per heavy atom. The summed E-state index contributed by atoms with van der Waals surface area (Å²) in [6.45, 7) is 0. The highest BCUT2D eigenvalue weighted by Gasteiger charge is 2.14. The first kappa shape index (κ1) is 8.88. The minimum atomic E-state index is 0.612. The van der Waals surface area contributed by atoms with Crippen molar-refractivity contribution < 1.29 is 9.59 Å². The van der Waals surface area contributed by atoms with E-state index in [2.05, 4.69) is 0 Å². The minimum absolute atomic E-state index is 0.612. The van der Waals surface area contributed by atoms with Crippen LogP contribution in [0.1, 0.15) is 27.9 Å². The molecule has 70 valence electrons. The van der Waals surface area contributed by atoms with Gasteiger partial charge in [0.05, 0.1) is 0 Å². The van der Waals surface area contributed by atoms with Gasteiger partial charge in [0, 0.05) is 11.1 Å². The molecule has 14 heavy (non-hydrogen) atoms. The van der Waals surface area contributed by atoms with E-state index in [9.17, 15) is 9.59 Å². The summed E-state index contributed by atoms with van der Waals surface area (Å²) in [5.74, 6) is 0. The molecule has 1 aromatic carbocycles. The Kier molecular flexibility index (Phi) is 2.27. The van der Waals surface area contributed by atoms with E-state index in [4.69, 9.17) is 0 Å². The predicted molar refractivity (Wildman–Crippen MR) is 54.2 cm³/mol. The topological polar surface area (TPSA) is 34.1 Å². The first-order valence-electron chi connectivity index (χ1n) is 4.59. The van der Waals surface area contributed by atoms with E-state index in [-0.39, 0.29) is 0 Å². The third-order valence-electron chi connectivity index (χ3n) is 2.50. The molecule has 2 nitrogen and oxygen atoms in total. The molecule has 0 atom stereocenters. The fourth-order valence-electron chi connectivity index (χ4n) is 1.87. The number of aryl methyl sites for hydroxylation is 1. The van der Waals surface area contributed by atoms with Crippen LogP contribution in [-0.4, -0.2) is 12.6 Å². The Bertz CT molecular complexity index is 416. The molecule has 0 bridgehead atoms. The molecule has 0 saturated carbocycles. The van der Waals surface area contributed by atoms with E-state index in [0.717, 1.165) is 36.5 Å². The van der Waals surface area contributed by atoms with Crippen molar-refractivity contribution in [2.75, 3.05) is 0 Å². The van der Waals surface area contributed by atoms with Crippen molar-refractivity contribution in [2.45, 2.75) is 12.8 Å². The predicted octanol–water partition coefficient (Wildman–Crippen LogP) is 2.03. The van der Waals surface area contributed by atoms with Crippen LogP contribution < -0.4 is 0 Å². The van der Waals surface area contributed by atoms with Crippen LogP contribution in [-0.2, 0) is 11.2 Å². The van der Waals surface area contributed by atoms with E-state index in [0.29, 0.717) is 11.1 Å². The van der Waals surface area contributed by atoms with Gasteiger partial charge in [-0.15, -0.1) is 0 Å². The minimum Gasteiger partial charge on any atom is -0.298 e. The molecule has 1 aromatic rings. The Hall–Kier alpha value is -1.70. The van der Waals surface area contributed by atoms with Gasteiger partial charge in [-0.1, -0.05) is 24.3 Å². The Morgan fingerprint density at radius 2 is 2.00 bits per heavy atom. The van der Waals surface area contributed by atoms with Gasteiger partial charge in [0.25, 0.3) is 0 Å². The summed E-state index contributed by atoms with van der Waals surface area (Å²) in [6.07, 6.45) is 5.31. The zero-order valence-corrected chi connectivity index (χ0v) is 7.69. The van der Waals surface area contributed by atoms with Gasteiger partial charge < -0.3 is 0 Å². The van der Waals surface area contributed by atoms with Crippen LogP contribution >= 0.6 is 0 Å². The molecule has 0 fully saturated rings. The lowest BCUT2D eigenvalue weighted by Gasteiger charge is -2.15. The Labute approximate surface area is 82.2 Å². The molecule has 2 rings (SSSR count). The Morgan fingerprint density at radius 1 is 1.14 bits per heavy atom. The average Bonchev–Trinajstić information content (AvgIpc) is 2.27. The lowest BCUT2D eigenvalue weighted by molar-refractivity contribution is -0.103. The van der Waals surface area contributed by atoms with Gasteiger partial charge in [-0.05, 0) is 24.0 Å². The molecule has 0 heterocycles. The maximum absolute atomic E-state index is 10.8. The number of fused-ring (bicyclic) bond motifs is 1. The molecule has 0 N–H and O–H groups in total. The number of allylic oxidation sites excluding steroid dienone is 2. The van der Waals surface area contributed by atoms with Crippen LogP contribution in [0, 0.1) is 0 Å². The molecule has 2 heteroatoms. The maximum atomic E-state index is 10.8. The first-order valence-corrected chi connectivity index (χ1v) is 4.59. The van der Waals surface area contributed by atoms with Crippen LogP contribution in [0.15, 0.2) is 24.3 Å². The molecule has 0 amide bonds. The van der Waals surface area contributed by atoms with Crippen molar-refractivity contribution in [3.63, 3.8) is 0 Å². The van der Waals surface area contributed by atoms with Crippen molar-refractivity contribution in [3.8, 4) is 0 Å². The second-order valence-electron chi connectivity index (χ2n) is 3.32. The van der Waals surface area contributed by atoms with Crippen molar-refractivity contribution in [1.82, 2.24) is 0 Å². The Balaban J connectivity index is 2.66. The maximum Gasteiger partial charge on any atom is 0.150 e. The van der Waals surface area contributed by atoms with Crippen molar-refractivity contribution in [2.24, 2.45) is 0 Å². The molecular weight excluding hydrogens is 176 g/mol. The fourth-order valence-corrected chi connectivity index (χ4v) is 1.87. The van der Waals surface area contributed by atoms with E-state index >= 15 is 0 Å². The summed E-state index contributed by atoms with van der Waals surface area (Å²) in [6, 6.07) is 5.57. The monoisotopic (exact) mass is 186 g/mol. The molecule has 0 unspecified atom stereocenters. The SMILES string of the molecule is O=CC1=CCCc2cccc(C=O)c21. The molecule has 0 spiro atoms. The smallest absolute Gasteiger partial charge is 0.150 e. The second-order valence-corrected chi connectivity index (χ2v) is 3.32. The van der Waals surface area contributed by atoms with E-state index < -0.39 is 0 Å². The lowest BCUT2D eigenvalue weighted by Crippen LogP contribution is -2.04. The van der Waals surface area contributed by atoms with Crippen LogP contribution in [0.4, 0.5) is 0 Å². The molecule has 0 aliphatic heterocycles. The number of hydrogen-bond acceptors (Lipinski definition) is 2. The zero-order valence-electron chi connectivity index (χ0n) is 7.69. The summed E-state index contributed by atoms with van der Waals surface area (Å²) in [5.41, 5.74) is 3.18. The highest BCUT2D eigenvalue weighted by molar-refractivity contribution is 6.10. The average molecular weight is 186 g/mol. The number of hydrogen-bond donors (Lipinski definition) is 0. The summed E-state index contributed by atoms with van der Waals surface area (Å²) in [4.78, 5) is 21.6. The summed E-state index contributed by atoms with van der Waals surface area (Å²) in [7, 11) is 0. The van der Waals surface area contributed by atoms with E-state index in [1.54, 1.807) is 6.07 Å². The van der Waals surface area contributed by atoms with Crippen molar-refractivity contribution in [1.29, 1.82) is 0 Å². The van der Waals surface area contributed by atoms with Gasteiger partial charge in [-0.3, -0.25) is 9.59 Å². The summed E-state index contributed by atoms with van der Waals surface area (Å²) >= 11 is 0. The normalized spacial score (nSPS) is 14.1. The number of benzene rings is 1. The molecular formula is C12H10O2. The van der Waals surface area contributed by atoms with Crippen molar-refractivity contribution in [3.05, 3.63) is 41.0 Å². The van der Waals surface area contributed by atoms with E-state index in [1.807, 2.05) is 18.2 Å². The lowest BCUT2D eigenvalue weighted by atomic mass is 9.88. The second kappa shape index (κ2) is 3.58. The van der Waals surface area contributed by atoms with Crippen LogP contribution in [0.2, 0.25) is 0 Å². The van der Waals surface area contributed by atoms with Gasteiger partial charge >= 0.3 is 0 Å². The number of rotatable bonds is 2. The van der Waals surface area contributed by atoms with Gasteiger partial charge in [-0.25, -0.2) is 0 Å². The molecule has 0 saturated heterocycles. The van der Waals surface area contributed by atoms with Gasteiger partial charge in [0.2, 0.25) is 0 Å². The van der Waals surface area contributed by atoms with Crippen LogP contribution in [0.25, 0.3) is 5.57 Å².